The lowest BCUT2D eigenvalue weighted by Crippen LogP contribution is -2.23. The molecule has 0 radical (unpaired) electrons. The summed E-state index contributed by atoms with van der Waals surface area (Å²) in [5.74, 6) is 1.40. The van der Waals surface area contributed by atoms with Gasteiger partial charge in [0, 0.05) is 30.9 Å². The molecule has 0 atom stereocenters. The molecule has 2 aromatic heterocycles. The van der Waals surface area contributed by atoms with Gasteiger partial charge in [-0.15, -0.1) is 0 Å². The molecule has 0 aliphatic carbocycles. The number of hydrogen-bond acceptors (Lipinski definition) is 4. The number of amides is 1. The first-order valence-corrected chi connectivity index (χ1v) is 11.1. The van der Waals surface area contributed by atoms with Crippen molar-refractivity contribution in [2.75, 3.05) is 0 Å². The number of carbonyl (C=O) groups is 1. The van der Waals surface area contributed by atoms with Gasteiger partial charge in [0.1, 0.15) is 5.75 Å². The van der Waals surface area contributed by atoms with Crippen LogP contribution in [0.1, 0.15) is 34.4 Å². The molecule has 6 nitrogen and oxygen atoms in total. The third kappa shape index (κ3) is 5.29. The summed E-state index contributed by atoms with van der Waals surface area (Å²) in [5.41, 5.74) is 5.83. The van der Waals surface area contributed by atoms with Gasteiger partial charge in [0.15, 0.2) is 0 Å². The van der Waals surface area contributed by atoms with Crippen molar-refractivity contribution in [2.24, 2.45) is 0 Å². The van der Waals surface area contributed by atoms with E-state index < -0.39 is 0 Å². The molecule has 4 aromatic rings. The van der Waals surface area contributed by atoms with Crippen LogP contribution in [0.5, 0.6) is 11.6 Å². The second-order valence-electron chi connectivity index (χ2n) is 8.07. The molecule has 0 aliphatic rings. The van der Waals surface area contributed by atoms with E-state index in [-0.39, 0.29) is 5.91 Å². The first kappa shape index (κ1) is 22.3. The van der Waals surface area contributed by atoms with E-state index in [1.165, 1.54) is 0 Å². The van der Waals surface area contributed by atoms with Crippen molar-refractivity contribution in [3.63, 3.8) is 0 Å². The van der Waals surface area contributed by atoms with E-state index in [4.69, 9.17) is 9.84 Å². The maximum absolute atomic E-state index is 12.6. The first-order chi connectivity index (χ1) is 16.0. The van der Waals surface area contributed by atoms with E-state index in [1.807, 2.05) is 73.1 Å². The van der Waals surface area contributed by atoms with Crippen LogP contribution in [0.15, 0.2) is 73.1 Å². The molecule has 168 valence electrons. The summed E-state index contributed by atoms with van der Waals surface area (Å²) in [5, 5.41) is 7.76. The Hall–Kier alpha value is -3.93. The Balaban J connectivity index is 1.59. The van der Waals surface area contributed by atoms with Crippen LogP contribution in [0.25, 0.3) is 5.69 Å². The number of aryl methyl sites for hydroxylation is 3. The van der Waals surface area contributed by atoms with Crippen molar-refractivity contribution in [2.45, 2.75) is 40.2 Å². The average Bonchev–Trinajstić information content (AvgIpc) is 3.13. The molecule has 0 unspecified atom stereocenters. The van der Waals surface area contributed by atoms with Crippen molar-refractivity contribution in [1.82, 2.24) is 20.1 Å². The molecule has 0 aliphatic heterocycles. The molecule has 4 rings (SSSR count). The maximum Gasteiger partial charge on any atom is 0.226 e. The van der Waals surface area contributed by atoms with E-state index in [2.05, 4.69) is 23.3 Å². The minimum Gasteiger partial charge on any atom is -0.438 e. The van der Waals surface area contributed by atoms with Gasteiger partial charge in [0.2, 0.25) is 11.8 Å². The summed E-state index contributed by atoms with van der Waals surface area (Å²) in [4.78, 5) is 16.6. The molecule has 0 saturated heterocycles. The number of aromatic nitrogens is 3. The highest BCUT2D eigenvalue weighted by molar-refractivity contribution is 5.76. The number of rotatable bonds is 8. The molecular weight excluding hydrogens is 412 g/mol. The molecule has 1 amide bonds. The quantitative estimate of drug-likeness (QED) is 0.407. The molecule has 1 N–H and O–H groups in total. The Morgan fingerprint density at radius 1 is 0.970 bits per heavy atom. The molecule has 0 saturated carbocycles. The zero-order valence-corrected chi connectivity index (χ0v) is 19.2. The predicted octanol–water partition coefficient (Wildman–Crippen LogP) is 5.23. The summed E-state index contributed by atoms with van der Waals surface area (Å²) in [6.07, 6.45) is 4.34. The summed E-state index contributed by atoms with van der Waals surface area (Å²) >= 11 is 0. The van der Waals surface area contributed by atoms with Gasteiger partial charge in [-0.05, 0) is 62.1 Å². The highest BCUT2D eigenvalue weighted by atomic mass is 16.5. The smallest absolute Gasteiger partial charge is 0.226 e. The topological polar surface area (TPSA) is 69.0 Å². The molecule has 2 heterocycles. The number of nitrogens with zero attached hydrogens (tertiary/aromatic N) is 3. The zero-order valence-electron chi connectivity index (χ0n) is 19.2. The Morgan fingerprint density at radius 3 is 2.45 bits per heavy atom. The fraction of sp³-hybridized carbons (Fsp3) is 0.222. The normalized spacial score (nSPS) is 10.8. The molecule has 33 heavy (non-hydrogen) atoms. The predicted molar refractivity (Wildman–Crippen MR) is 129 cm³/mol. The van der Waals surface area contributed by atoms with E-state index in [9.17, 15) is 4.79 Å². The van der Waals surface area contributed by atoms with Crippen LogP contribution in [-0.4, -0.2) is 20.7 Å². The van der Waals surface area contributed by atoms with E-state index >= 15 is 0 Å². The van der Waals surface area contributed by atoms with Crippen LogP contribution in [0.3, 0.4) is 0 Å². The van der Waals surface area contributed by atoms with Crippen molar-refractivity contribution in [3.05, 3.63) is 101 Å². The van der Waals surface area contributed by atoms with E-state index in [1.54, 1.807) is 12.4 Å². The Morgan fingerprint density at radius 2 is 1.73 bits per heavy atom. The maximum atomic E-state index is 12.6. The first-order valence-electron chi connectivity index (χ1n) is 11.1. The third-order valence-corrected chi connectivity index (χ3v) is 5.60. The molecule has 2 aromatic carbocycles. The standard InChI is InChI=1S/C27H28N4O2/c1-19-9-4-6-12-24(19)31-27(33-25-13-7-5-10-20(25)2)23(21(3)30-31)14-15-26(32)29-18-22-11-8-16-28-17-22/h4-13,16-17H,14-15,18H2,1-3H3,(H,29,32). The van der Waals surface area contributed by atoms with Gasteiger partial charge in [0.05, 0.1) is 11.4 Å². The summed E-state index contributed by atoms with van der Waals surface area (Å²) in [7, 11) is 0. The van der Waals surface area contributed by atoms with Gasteiger partial charge in [-0.25, -0.2) is 0 Å². The van der Waals surface area contributed by atoms with Crippen molar-refractivity contribution in [1.29, 1.82) is 0 Å². The van der Waals surface area contributed by atoms with Gasteiger partial charge in [-0.2, -0.15) is 9.78 Å². The molecule has 0 fully saturated rings. The van der Waals surface area contributed by atoms with Crippen LogP contribution < -0.4 is 10.1 Å². The Labute approximate surface area is 194 Å². The molecular formula is C27H28N4O2. The summed E-state index contributed by atoms with van der Waals surface area (Å²) in [6, 6.07) is 19.8. The lowest BCUT2D eigenvalue weighted by atomic mass is 10.1. The SMILES string of the molecule is Cc1ccccc1Oc1c(CCC(=O)NCc2cccnc2)c(C)nn1-c1ccccc1C. The Kier molecular flexibility index (Phi) is 6.83. The second kappa shape index (κ2) is 10.1. The van der Waals surface area contributed by atoms with Crippen LogP contribution in [-0.2, 0) is 17.8 Å². The zero-order chi connectivity index (χ0) is 23.2. The van der Waals surface area contributed by atoms with E-state index in [0.717, 1.165) is 39.4 Å². The van der Waals surface area contributed by atoms with Crippen LogP contribution in [0.2, 0.25) is 0 Å². The average molecular weight is 441 g/mol. The van der Waals surface area contributed by atoms with Gasteiger partial charge < -0.3 is 10.1 Å². The summed E-state index contributed by atoms with van der Waals surface area (Å²) in [6.45, 7) is 6.49. The van der Waals surface area contributed by atoms with Crippen LogP contribution >= 0.6 is 0 Å². The molecule has 0 bridgehead atoms. The van der Waals surface area contributed by atoms with Crippen molar-refractivity contribution >= 4 is 5.91 Å². The minimum absolute atomic E-state index is 0.0243. The fourth-order valence-electron chi connectivity index (χ4n) is 3.70. The van der Waals surface area contributed by atoms with Crippen molar-refractivity contribution in [3.8, 4) is 17.3 Å². The van der Waals surface area contributed by atoms with Crippen molar-refractivity contribution < 1.29 is 9.53 Å². The highest BCUT2D eigenvalue weighted by Gasteiger charge is 2.21. The number of ether oxygens (including phenoxy) is 1. The number of nitrogens with one attached hydrogen (secondary N) is 1. The lowest BCUT2D eigenvalue weighted by molar-refractivity contribution is -0.121. The summed E-state index contributed by atoms with van der Waals surface area (Å²) < 4.78 is 8.27. The molecule has 6 heteroatoms. The monoisotopic (exact) mass is 440 g/mol. The highest BCUT2D eigenvalue weighted by Crippen LogP contribution is 2.33. The minimum atomic E-state index is -0.0243. The van der Waals surface area contributed by atoms with Gasteiger partial charge in [-0.3, -0.25) is 9.78 Å². The van der Waals surface area contributed by atoms with Gasteiger partial charge in [-0.1, -0.05) is 42.5 Å². The second-order valence-corrected chi connectivity index (χ2v) is 8.07. The van der Waals surface area contributed by atoms with Crippen LogP contribution in [0, 0.1) is 20.8 Å². The molecule has 0 spiro atoms. The fourth-order valence-corrected chi connectivity index (χ4v) is 3.70. The largest absolute Gasteiger partial charge is 0.438 e. The third-order valence-electron chi connectivity index (χ3n) is 5.60. The Bertz CT molecular complexity index is 1250. The van der Waals surface area contributed by atoms with Crippen LogP contribution in [0.4, 0.5) is 0 Å². The number of hydrogen-bond donors (Lipinski definition) is 1. The van der Waals surface area contributed by atoms with E-state index in [0.29, 0.717) is 25.3 Å². The number of para-hydroxylation sites is 2. The number of benzene rings is 2. The van der Waals surface area contributed by atoms with Gasteiger partial charge in [0.25, 0.3) is 0 Å². The lowest BCUT2D eigenvalue weighted by Gasteiger charge is -2.14. The number of pyridine rings is 1. The van der Waals surface area contributed by atoms with Gasteiger partial charge >= 0.3 is 0 Å². The number of carbonyl (C=O) groups excluding carboxylic acids is 1.